The van der Waals surface area contributed by atoms with Gasteiger partial charge in [0.2, 0.25) is 10.0 Å². The lowest BCUT2D eigenvalue weighted by Gasteiger charge is -2.57. The number of aromatic nitrogens is 2. The van der Waals surface area contributed by atoms with Crippen molar-refractivity contribution < 1.29 is 13.2 Å². The van der Waals surface area contributed by atoms with Crippen LogP contribution in [0.2, 0.25) is 0 Å². The third kappa shape index (κ3) is 3.13. The summed E-state index contributed by atoms with van der Waals surface area (Å²) in [5, 5.41) is 4.27. The van der Waals surface area contributed by atoms with E-state index in [-0.39, 0.29) is 5.54 Å². The van der Waals surface area contributed by atoms with E-state index in [1.165, 1.54) is 0 Å². The first-order chi connectivity index (χ1) is 11.7. The maximum atomic E-state index is 13.1. The van der Waals surface area contributed by atoms with Gasteiger partial charge in [-0.15, -0.1) is 0 Å². The Kier molecular flexibility index (Phi) is 5.00. The first-order valence-electron chi connectivity index (χ1n) is 9.00. The van der Waals surface area contributed by atoms with Gasteiger partial charge in [0.05, 0.1) is 11.4 Å². The van der Waals surface area contributed by atoms with Gasteiger partial charge in [-0.3, -0.25) is 9.58 Å². The molecule has 8 heteroatoms. The Bertz CT molecular complexity index is 735. The van der Waals surface area contributed by atoms with Crippen molar-refractivity contribution in [3.63, 3.8) is 0 Å². The molecule has 0 saturated carbocycles. The zero-order valence-electron chi connectivity index (χ0n) is 15.9. The van der Waals surface area contributed by atoms with Crippen LogP contribution in [-0.4, -0.2) is 72.8 Å². The minimum absolute atomic E-state index is 0.0445. The van der Waals surface area contributed by atoms with E-state index >= 15 is 0 Å². The molecule has 7 nitrogen and oxygen atoms in total. The molecule has 0 amide bonds. The fourth-order valence-corrected chi connectivity index (χ4v) is 6.24. The largest absolute Gasteiger partial charge is 0.381 e. The first-order valence-corrected chi connectivity index (χ1v) is 10.4. The van der Waals surface area contributed by atoms with E-state index < -0.39 is 10.0 Å². The van der Waals surface area contributed by atoms with Crippen molar-refractivity contribution in [3.05, 3.63) is 11.4 Å². The topological polar surface area (TPSA) is 67.7 Å². The molecule has 1 spiro atoms. The number of sulfonamides is 1. The Morgan fingerprint density at radius 2 is 1.96 bits per heavy atom. The molecule has 2 saturated heterocycles. The molecule has 3 heterocycles. The summed E-state index contributed by atoms with van der Waals surface area (Å²) in [5.74, 6) is 0.517. The number of likely N-dealkylation sites (N-methyl/N-ethyl adjacent to an activating group) is 1. The molecule has 1 aromatic rings. The van der Waals surface area contributed by atoms with Gasteiger partial charge < -0.3 is 4.74 Å². The SMILES string of the molecule is CCOC[C@H]1CCN(C)C2(C1)CN(S(=O)(=O)c1c(C)nn(C)c1C)C2. The molecule has 0 N–H and O–H groups in total. The van der Waals surface area contributed by atoms with Gasteiger partial charge in [-0.05, 0) is 53.1 Å². The van der Waals surface area contributed by atoms with Crippen LogP contribution in [0.3, 0.4) is 0 Å². The van der Waals surface area contributed by atoms with E-state index in [9.17, 15) is 8.42 Å². The van der Waals surface area contributed by atoms with Gasteiger partial charge >= 0.3 is 0 Å². The van der Waals surface area contributed by atoms with Crippen LogP contribution in [0, 0.1) is 19.8 Å². The predicted molar refractivity (Wildman–Crippen MR) is 96.0 cm³/mol. The molecule has 142 valence electrons. The normalized spacial score (nSPS) is 24.6. The quantitative estimate of drug-likeness (QED) is 0.778. The van der Waals surface area contributed by atoms with Gasteiger partial charge in [-0.1, -0.05) is 0 Å². The van der Waals surface area contributed by atoms with E-state index in [4.69, 9.17) is 4.74 Å². The Morgan fingerprint density at radius 1 is 1.28 bits per heavy atom. The van der Waals surface area contributed by atoms with Gasteiger partial charge in [0, 0.05) is 38.9 Å². The molecule has 2 aliphatic rings. The van der Waals surface area contributed by atoms with Crippen molar-refractivity contribution in [2.24, 2.45) is 13.0 Å². The van der Waals surface area contributed by atoms with Gasteiger partial charge in [0.1, 0.15) is 4.90 Å². The van der Waals surface area contributed by atoms with Crippen LogP contribution >= 0.6 is 0 Å². The Balaban J connectivity index is 1.75. The first kappa shape index (κ1) is 18.8. The highest BCUT2D eigenvalue weighted by atomic mass is 32.2. The fraction of sp³-hybridized carbons (Fsp3) is 0.824. The minimum Gasteiger partial charge on any atom is -0.381 e. The summed E-state index contributed by atoms with van der Waals surface area (Å²) in [6, 6.07) is 0. The van der Waals surface area contributed by atoms with Gasteiger partial charge in [-0.25, -0.2) is 8.42 Å². The number of aryl methyl sites for hydroxylation is 2. The molecular weight excluding hydrogens is 340 g/mol. The lowest BCUT2D eigenvalue weighted by molar-refractivity contribution is -0.0577. The molecule has 2 fully saturated rings. The molecule has 0 aliphatic carbocycles. The minimum atomic E-state index is -3.48. The summed E-state index contributed by atoms with van der Waals surface area (Å²) in [5.41, 5.74) is 1.23. The maximum Gasteiger partial charge on any atom is 0.246 e. The van der Waals surface area contributed by atoms with E-state index in [1.54, 1.807) is 23.0 Å². The molecule has 1 aromatic heterocycles. The molecule has 25 heavy (non-hydrogen) atoms. The third-order valence-electron chi connectivity index (χ3n) is 5.89. The molecule has 2 aliphatic heterocycles. The highest BCUT2D eigenvalue weighted by Gasteiger charge is 2.53. The number of hydrogen-bond acceptors (Lipinski definition) is 5. The van der Waals surface area contributed by atoms with Crippen molar-refractivity contribution in [2.45, 2.75) is 44.0 Å². The Morgan fingerprint density at radius 3 is 2.52 bits per heavy atom. The maximum absolute atomic E-state index is 13.1. The van der Waals surface area contributed by atoms with Crippen molar-refractivity contribution >= 4 is 10.0 Å². The third-order valence-corrected chi connectivity index (χ3v) is 7.94. The molecule has 0 aromatic carbocycles. The fourth-order valence-electron chi connectivity index (χ4n) is 4.24. The molecule has 1 atom stereocenters. The summed E-state index contributed by atoms with van der Waals surface area (Å²) in [4.78, 5) is 2.71. The molecule has 0 bridgehead atoms. The van der Waals surface area contributed by atoms with Crippen molar-refractivity contribution in [2.75, 3.05) is 39.9 Å². The standard InChI is InChI=1S/C17H30N4O3S/c1-6-24-10-15-7-8-19(4)17(9-15)11-21(12-17)25(22,23)16-13(2)18-20(5)14(16)3/h15H,6-12H2,1-5H3/t15-/m0/s1. The highest BCUT2D eigenvalue weighted by molar-refractivity contribution is 7.89. The van der Waals surface area contributed by atoms with E-state index in [0.717, 1.165) is 32.6 Å². The summed E-state index contributed by atoms with van der Waals surface area (Å²) >= 11 is 0. The number of rotatable bonds is 5. The van der Waals surface area contributed by atoms with E-state index in [0.29, 0.717) is 35.3 Å². The summed E-state index contributed by atoms with van der Waals surface area (Å²) in [6.45, 7) is 9.22. The second kappa shape index (κ2) is 6.64. The second-order valence-electron chi connectivity index (χ2n) is 7.56. The van der Waals surface area contributed by atoms with Crippen LogP contribution in [0.15, 0.2) is 4.90 Å². The van der Waals surface area contributed by atoms with E-state index in [2.05, 4.69) is 17.0 Å². The molecule has 0 radical (unpaired) electrons. The van der Waals surface area contributed by atoms with Crippen molar-refractivity contribution in [1.29, 1.82) is 0 Å². The second-order valence-corrected chi connectivity index (χ2v) is 9.44. The van der Waals surface area contributed by atoms with E-state index in [1.807, 2.05) is 13.8 Å². The van der Waals surface area contributed by atoms with Crippen LogP contribution in [0.1, 0.15) is 31.2 Å². The average molecular weight is 371 g/mol. The molecule has 0 unspecified atom stereocenters. The molecular formula is C17H30N4O3S. The monoisotopic (exact) mass is 370 g/mol. The van der Waals surface area contributed by atoms with Crippen LogP contribution in [0.5, 0.6) is 0 Å². The van der Waals surface area contributed by atoms with Gasteiger partial charge in [-0.2, -0.15) is 9.40 Å². The Labute approximate surface area is 151 Å². The average Bonchev–Trinajstić information content (AvgIpc) is 2.77. The lowest BCUT2D eigenvalue weighted by atomic mass is 9.77. The zero-order chi connectivity index (χ0) is 18.4. The van der Waals surface area contributed by atoms with Gasteiger partial charge in [0.15, 0.2) is 0 Å². The van der Waals surface area contributed by atoms with Gasteiger partial charge in [0.25, 0.3) is 0 Å². The van der Waals surface area contributed by atoms with Crippen molar-refractivity contribution in [3.8, 4) is 0 Å². The van der Waals surface area contributed by atoms with Crippen LogP contribution < -0.4 is 0 Å². The Hall–Kier alpha value is -0.960. The number of piperidine rings is 1. The summed E-state index contributed by atoms with van der Waals surface area (Å²) < 4.78 is 35.0. The number of hydrogen-bond donors (Lipinski definition) is 0. The van der Waals surface area contributed by atoms with Crippen molar-refractivity contribution in [1.82, 2.24) is 19.0 Å². The predicted octanol–water partition coefficient (Wildman–Crippen LogP) is 1.16. The number of ether oxygens (including phenoxy) is 1. The number of likely N-dealkylation sites (tertiary alicyclic amines) is 1. The summed E-state index contributed by atoms with van der Waals surface area (Å²) in [7, 11) is 0.413. The smallest absolute Gasteiger partial charge is 0.246 e. The highest BCUT2D eigenvalue weighted by Crippen LogP contribution is 2.41. The van der Waals surface area contributed by atoms with Crippen LogP contribution in [-0.2, 0) is 21.8 Å². The number of nitrogens with zero attached hydrogens (tertiary/aromatic N) is 4. The molecule has 3 rings (SSSR count). The zero-order valence-corrected chi connectivity index (χ0v) is 16.8. The summed E-state index contributed by atoms with van der Waals surface area (Å²) in [6.07, 6.45) is 2.12. The van der Waals surface area contributed by atoms with Crippen LogP contribution in [0.4, 0.5) is 0 Å². The lowest BCUT2D eigenvalue weighted by Crippen LogP contribution is -2.72. The van der Waals surface area contributed by atoms with Crippen LogP contribution in [0.25, 0.3) is 0 Å².